The molecule has 9 nitrogen and oxygen atoms in total. The van der Waals surface area contributed by atoms with Gasteiger partial charge in [0.05, 0.1) is 12.1 Å². The third-order valence-electron chi connectivity index (χ3n) is 6.30. The van der Waals surface area contributed by atoms with E-state index in [2.05, 4.69) is 20.2 Å². The molecule has 0 bridgehead atoms. The second-order valence-corrected chi connectivity index (χ2v) is 8.91. The number of ether oxygens (including phenoxy) is 3. The van der Waals surface area contributed by atoms with Crippen molar-refractivity contribution < 1.29 is 20.4 Å². The van der Waals surface area contributed by atoms with Crippen molar-refractivity contribution in [2.45, 2.75) is 6.42 Å². The van der Waals surface area contributed by atoms with Gasteiger partial charge in [-0.3, -0.25) is 0 Å². The van der Waals surface area contributed by atoms with E-state index in [1.807, 2.05) is 77.7 Å². The highest BCUT2D eigenvalue weighted by molar-refractivity contribution is 5.91. The molecule has 2 heterocycles. The van der Waals surface area contributed by atoms with E-state index in [1.165, 1.54) is 0 Å². The molecule has 1 aliphatic heterocycles. The predicted molar refractivity (Wildman–Crippen MR) is 149 cm³/mol. The number of amides is 2. The standard InChI is InChI=1S/C29H31N5O4.H2/c1-36-18-5-19-37-25-12-13-26-27(20-25)30-21-31-28(26)33-14-16-34(17-15-33)29(35)32-22-8-10-24(11-9-22)38-23-6-3-2-4-7-23;/h2-4,6-13,20-21H,5,14-19H2,1H3,(H,32,35);1H. The molecular weight excluding hydrogens is 482 g/mol. The first-order chi connectivity index (χ1) is 18.7. The molecule has 3 aromatic carbocycles. The molecule has 1 aromatic heterocycles. The van der Waals surface area contributed by atoms with Crippen LogP contribution in [-0.2, 0) is 4.74 Å². The lowest BCUT2D eigenvalue weighted by atomic mass is 10.2. The molecule has 1 fully saturated rings. The van der Waals surface area contributed by atoms with Crippen molar-refractivity contribution in [3.63, 3.8) is 0 Å². The molecule has 2 amide bonds. The molecule has 0 unspecified atom stereocenters. The number of carbonyl (C=O) groups excluding carboxylic acids is 1. The minimum atomic E-state index is -0.121. The zero-order chi connectivity index (χ0) is 26.2. The molecule has 5 rings (SSSR count). The van der Waals surface area contributed by atoms with Gasteiger partial charge in [-0.15, -0.1) is 0 Å². The largest absolute Gasteiger partial charge is 0.493 e. The minimum absolute atomic E-state index is 0. The second-order valence-electron chi connectivity index (χ2n) is 8.91. The normalized spacial score (nSPS) is 13.4. The first kappa shape index (κ1) is 25.3. The van der Waals surface area contributed by atoms with Crippen LogP contribution in [0.4, 0.5) is 16.3 Å². The average molecular weight is 516 g/mol. The Morgan fingerprint density at radius 2 is 1.63 bits per heavy atom. The highest BCUT2D eigenvalue weighted by Gasteiger charge is 2.23. The molecule has 1 aliphatic rings. The summed E-state index contributed by atoms with van der Waals surface area (Å²) in [5.41, 5.74) is 1.55. The van der Waals surface area contributed by atoms with Crippen molar-refractivity contribution in [2.75, 3.05) is 56.7 Å². The predicted octanol–water partition coefficient (Wildman–Crippen LogP) is 5.44. The van der Waals surface area contributed by atoms with Crippen LogP contribution in [0.15, 0.2) is 79.1 Å². The smallest absolute Gasteiger partial charge is 0.321 e. The molecular formula is C29H33N5O4. The number of urea groups is 1. The van der Waals surface area contributed by atoms with Crippen molar-refractivity contribution in [3.8, 4) is 17.2 Å². The number of para-hydroxylation sites is 1. The van der Waals surface area contributed by atoms with E-state index in [9.17, 15) is 4.79 Å². The van der Waals surface area contributed by atoms with E-state index in [1.54, 1.807) is 13.4 Å². The Morgan fingerprint density at radius 3 is 2.39 bits per heavy atom. The molecule has 0 spiro atoms. The fraction of sp³-hybridized carbons (Fsp3) is 0.276. The van der Waals surface area contributed by atoms with E-state index in [-0.39, 0.29) is 7.46 Å². The Kier molecular flexibility index (Phi) is 8.15. The molecule has 1 N–H and O–H groups in total. The number of hydrogen-bond acceptors (Lipinski definition) is 7. The van der Waals surface area contributed by atoms with Gasteiger partial charge in [0.1, 0.15) is 29.4 Å². The van der Waals surface area contributed by atoms with Gasteiger partial charge in [-0.05, 0) is 48.5 Å². The fourth-order valence-electron chi connectivity index (χ4n) is 4.31. The monoisotopic (exact) mass is 515 g/mol. The maximum atomic E-state index is 12.9. The number of rotatable bonds is 9. The number of anilines is 2. The third-order valence-corrected chi connectivity index (χ3v) is 6.30. The summed E-state index contributed by atoms with van der Waals surface area (Å²) in [5, 5.41) is 3.95. The number of fused-ring (bicyclic) bond motifs is 1. The van der Waals surface area contributed by atoms with Crippen molar-refractivity contribution in [1.82, 2.24) is 14.9 Å². The SMILES string of the molecule is COCCCOc1ccc2c(N3CCN(C(=O)Nc4ccc(Oc5ccccc5)cc4)CC3)ncnc2c1.[HH]. The average Bonchev–Trinajstić information content (AvgIpc) is 2.96. The summed E-state index contributed by atoms with van der Waals surface area (Å²) >= 11 is 0. The first-order valence-electron chi connectivity index (χ1n) is 12.7. The van der Waals surface area contributed by atoms with Gasteiger partial charge >= 0.3 is 6.03 Å². The maximum absolute atomic E-state index is 12.9. The van der Waals surface area contributed by atoms with Gasteiger partial charge in [-0.1, -0.05) is 18.2 Å². The zero-order valence-corrected chi connectivity index (χ0v) is 21.4. The Hall–Kier alpha value is -4.37. The van der Waals surface area contributed by atoms with Crippen molar-refractivity contribution in [3.05, 3.63) is 79.1 Å². The maximum Gasteiger partial charge on any atom is 0.321 e. The lowest BCUT2D eigenvalue weighted by Crippen LogP contribution is -2.50. The van der Waals surface area contributed by atoms with Gasteiger partial charge in [-0.25, -0.2) is 14.8 Å². The van der Waals surface area contributed by atoms with Gasteiger partial charge in [-0.2, -0.15) is 0 Å². The summed E-state index contributed by atoms with van der Waals surface area (Å²) in [4.78, 5) is 25.9. The van der Waals surface area contributed by atoms with Gasteiger partial charge in [0.2, 0.25) is 0 Å². The first-order valence-corrected chi connectivity index (χ1v) is 12.7. The lowest BCUT2D eigenvalue weighted by molar-refractivity contribution is 0.172. The van der Waals surface area contributed by atoms with Crippen LogP contribution < -0.4 is 19.7 Å². The lowest BCUT2D eigenvalue weighted by Gasteiger charge is -2.35. The van der Waals surface area contributed by atoms with E-state index >= 15 is 0 Å². The molecule has 9 heteroatoms. The molecule has 0 aliphatic carbocycles. The summed E-state index contributed by atoms with van der Waals surface area (Å²) < 4.78 is 16.7. The van der Waals surface area contributed by atoms with Crippen LogP contribution >= 0.6 is 0 Å². The summed E-state index contributed by atoms with van der Waals surface area (Å²) in [6.45, 7) is 3.80. The van der Waals surface area contributed by atoms with E-state index in [4.69, 9.17) is 14.2 Å². The highest BCUT2D eigenvalue weighted by atomic mass is 16.5. The highest BCUT2D eigenvalue weighted by Crippen LogP contribution is 2.27. The van der Waals surface area contributed by atoms with Crippen LogP contribution in [0.2, 0.25) is 0 Å². The van der Waals surface area contributed by atoms with Gasteiger partial charge in [0.15, 0.2) is 0 Å². The van der Waals surface area contributed by atoms with Gasteiger partial charge in [0.25, 0.3) is 0 Å². The number of benzene rings is 3. The Balaban J connectivity index is 0.00000353. The number of nitrogens with one attached hydrogen (secondary N) is 1. The third kappa shape index (κ3) is 6.30. The van der Waals surface area contributed by atoms with Gasteiger partial charge < -0.3 is 29.3 Å². The van der Waals surface area contributed by atoms with E-state index in [0.717, 1.165) is 40.3 Å². The number of methoxy groups -OCH3 is 1. The van der Waals surface area contributed by atoms with E-state index in [0.29, 0.717) is 45.1 Å². The van der Waals surface area contributed by atoms with Crippen molar-refractivity contribution in [2.24, 2.45) is 0 Å². The van der Waals surface area contributed by atoms with Crippen molar-refractivity contribution in [1.29, 1.82) is 0 Å². The minimum Gasteiger partial charge on any atom is -0.493 e. The molecule has 198 valence electrons. The topological polar surface area (TPSA) is 89.1 Å². The molecule has 0 atom stereocenters. The van der Waals surface area contributed by atoms with Crippen LogP contribution in [0, 0.1) is 0 Å². The van der Waals surface area contributed by atoms with Crippen LogP contribution in [0.3, 0.4) is 0 Å². The van der Waals surface area contributed by atoms with E-state index < -0.39 is 0 Å². The Labute approximate surface area is 223 Å². The summed E-state index contributed by atoms with van der Waals surface area (Å²) in [5.74, 6) is 3.13. The number of carbonyl (C=O) groups is 1. The molecule has 0 radical (unpaired) electrons. The summed E-state index contributed by atoms with van der Waals surface area (Å²) in [7, 11) is 1.68. The quantitative estimate of drug-likeness (QED) is 0.297. The number of nitrogens with zero attached hydrogens (tertiary/aromatic N) is 4. The van der Waals surface area contributed by atoms with Crippen molar-refractivity contribution >= 4 is 28.4 Å². The molecule has 38 heavy (non-hydrogen) atoms. The summed E-state index contributed by atoms with van der Waals surface area (Å²) in [6, 6.07) is 22.7. The van der Waals surface area contributed by atoms with Crippen LogP contribution in [0.5, 0.6) is 17.2 Å². The molecule has 0 saturated carbocycles. The number of piperazine rings is 1. The van der Waals surface area contributed by atoms with Gasteiger partial charge in [0, 0.05) is 64.9 Å². The zero-order valence-electron chi connectivity index (χ0n) is 21.4. The molecule has 4 aromatic rings. The number of hydrogen-bond donors (Lipinski definition) is 1. The van der Waals surface area contributed by atoms with Crippen LogP contribution in [0.25, 0.3) is 10.9 Å². The fourth-order valence-corrected chi connectivity index (χ4v) is 4.31. The Morgan fingerprint density at radius 1 is 0.895 bits per heavy atom. The number of aromatic nitrogens is 2. The van der Waals surface area contributed by atoms with Crippen LogP contribution in [0.1, 0.15) is 7.85 Å². The Bertz CT molecular complexity index is 1350. The van der Waals surface area contributed by atoms with Crippen LogP contribution in [-0.4, -0.2) is 67.4 Å². The summed E-state index contributed by atoms with van der Waals surface area (Å²) in [6.07, 6.45) is 2.41. The molecule has 1 saturated heterocycles. The second kappa shape index (κ2) is 12.2.